The third-order valence-corrected chi connectivity index (χ3v) is 3.54. The Hall–Kier alpha value is -1.62. The molecule has 0 amide bonds. The van der Waals surface area contributed by atoms with E-state index in [0.29, 0.717) is 18.1 Å². The first-order chi connectivity index (χ1) is 8.74. The first-order valence-electron chi connectivity index (χ1n) is 6.37. The Morgan fingerprint density at radius 3 is 3.11 bits per heavy atom. The van der Waals surface area contributed by atoms with Crippen LogP contribution in [0.25, 0.3) is 5.65 Å². The van der Waals surface area contributed by atoms with Crippen LogP contribution in [0.1, 0.15) is 24.8 Å². The fourth-order valence-electron chi connectivity index (χ4n) is 2.51. The molecule has 0 aromatic carbocycles. The summed E-state index contributed by atoms with van der Waals surface area (Å²) in [6.45, 7) is 2.06. The van der Waals surface area contributed by atoms with Crippen molar-refractivity contribution in [2.24, 2.45) is 0 Å². The van der Waals surface area contributed by atoms with Gasteiger partial charge in [0.1, 0.15) is 0 Å². The van der Waals surface area contributed by atoms with Gasteiger partial charge >= 0.3 is 0 Å². The normalized spacial score (nSPS) is 23.7. The Labute approximate surface area is 106 Å². The summed E-state index contributed by atoms with van der Waals surface area (Å²) in [5.41, 5.74) is 2.08. The lowest BCUT2D eigenvalue weighted by Crippen LogP contribution is -2.18. The fraction of sp³-hybridized carbons (Fsp3) is 0.538. The molecule has 3 rings (SSSR count). The second-order valence-electron chi connectivity index (χ2n) is 4.95. The summed E-state index contributed by atoms with van der Waals surface area (Å²) in [5.74, 6) is 0.711. The molecule has 2 heterocycles. The van der Waals surface area contributed by atoms with Gasteiger partial charge < -0.3 is 10.1 Å². The summed E-state index contributed by atoms with van der Waals surface area (Å²) in [5, 5.41) is 7.81. The molecular formula is C13H18N4O. The maximum Gasteiger partial charge on any atom is 0.243 e. The van der Waals surface area contributed by atoms with Crippen molar-refractivity contribution in [1.82, 2.24) is 14.6 Å². The van der Waals surface area contributed by atoms with Crippen LogP contribution in [0.2, 0.25) is 0 Å². The number of ether oxygens (including phenoxy) is 1. The van der Waals surface area contributed by atoms with E-state index >= 15 is 0 Å². The van der Waals surface area contributed by atoms with E-state index in [1.165, 1.54) is 5.56 Å². The van der Waals surface area contributed by atoms with E-state index in [4.69, 9.17) is 4.74 Å². The molecule has 1 saturated carbocycles. The smallest absolute Gasteiger partial charge is 0.243 e. The highest BCUT2D eigenvalue weighted by atomic mass is 16.5. The number of hydrogen-bond donors (Lipinski definition) is 1. The van der Waals surface area contributed by atoms with Crippen LogP contribution < -0.4 is 5.32 Å². The molecule has 2 aromatic heterocycles. The Bertz CT molecular complexity index is 551. The molecule has 2 atom stereocenters. The van der Waals surface area contributed by atoms with Crippen LogP contribution in [0.15, 0.2) is 18.3 Å². The first kappa shape index (κ1) is 11.5. The summed E-state index contributed by atoms with van der Waals surface area (Å²) in [4.78, 5) is 4.49. The van der Waals surface area contributed by atoms with Crippen LogP contribution >= 0.6 is 0 Å². The van der Waals surface area contributed by atoms with Crippen molar-refractivity contribution in [3.8, 4) is 0 Å². The van der Waals surface area contributed by atoms with Crippen LogP contribution in [0.3, 0.4) is 0 Å². The van der Waals surface area contributed by atoms with Crippen molar-refractivity contribution in [3.63, 3.8) is 0 Å². The largest absolute Gasteiger partial charge is 0.381 e. The molecule has 1 fully saturated rings. The summed E-state index contributed by atoms with van der Waals surface area (Å²) < 4.78 is 7.17. The average Bonchev–Trinajstić information content (AvgIpc) is 2.95. The molecule has 0 aliphatic heterocycles. The number of hydrogen-bond acceptors (Lipinski definition) is 4. The zero-order chi connectivity index (χ0) is 12.5. The Morgan fingerprint density at radius 2 is 2.33 bits per heavy atom. The van der Waals surface area contributed by atoms with E-state index in [9.17, 15) is 0 Å². The number of pyridine rings is 1. The van der Waals surface area contributed by atoms with Crippen molar-refractivity contribution in [2.45, 2.75) is 38.3 Å². The minimum absolute atomic E-state index is 0.377. The van der Waals surface area contributed by atoms with Crippen molar-refractivity contribution in [3.05, 3.63) is 23.9 Å². The Balaban J connectivity index is 1.75. The number of nitrogens with one attached hydrogen (secondary N) is 1. The van der Waals surface area contributed by atoms with Crippen molar-refractivity contribution in [1.29, 1.82) is 0 Å². The number of aryl methyl sites for hydroxylation is 1. The molecule has 0 bridgehead atoms. The standard InChI is InChI=1S/C13H18N4O/c1-9-5-6-17-12(7-9)15-13(16-17)14-10-3-4-11(8-10)18-2/h5-7,10-11H,3-4,8H2,1-2H3,(H,14,16). The number of fused-ring (bicyclic) bond motifs is 1. The second-order valence-corrected chi connectivity index (χ2v) is 4.95. The van der Waals surface area contributed by atoms with Gasteiger partial charge in [-0.15, -0.1) is 5.10 Å². The minimum atomic E-state index is 0.377. The number of rotatable bonds is 3. The van der Waals surface area contributed by atoms with Crippen LogP contribution in [-0.2, 0) is 4.74 Å². The molecule has 1 N–H and O–H groups in total. The summed E-state index contributed by atoms with van der Waals surface area (Å²) >= 11 is 0. The lowest BCUT2D eigenvalue weighted by Gasteiger charge is -2.10. The fourth-order valence-corrected chi connectivity index (χ4v) is 2.51. The molecule has 18 heavy (non-hydrogen) atoms. The van der Waals surface area contributed by atoms with E-state index in [1.807, 2.05) is 18.3 Å². The molecule has 5 heteroatoms. The molecule has 0 spiro atoms. The van der Waals surface area contributed by atoms with Gasteiger partial charge in [0, 0.05) is 19.3 Å². The highest BCUT2D eigenvalue weighted by Gasteiger charge is 2.25. The topological polar surface area (TPSA) is 51.5 Å². The molecule has 1 aliphatic rings. The van der Waals surface area contributed by atoms with E-state index < -0.39 is 0 Å². The zero-order valence-electron chi connectivity index (χ0n) is 10.8. The second kappa shape index (κ2) is 4.57. The van der Waals surface area contributed by atoms with Crippen molar-refractivity contribution >= 4 is 11.6 Å². The summed E-state index contributed by atoms with van der Waals surface area (Å²) in [6.07, 6.45) is 5.58. The van der Waals surface area contributed by atoms with E-state index in [2.05, 4.69) is 22.3 Å². The maximum atomic E-state index is 5.37. The van der Waals surface area contributed by atoms with Crippen LogP contribution in [-0.4, -0.2) is 33.9 Å². The lowest BCUT2D eigenvalue weighted by atomic mass is 10.2. The SMILES string of the molecule is COC1CCC(Nc2nc3cc(C)ccn3n2)C1. The molecule has 2 unspecified atom stereocenters. The monoisotopic (exact) mass is 246 g/mol. The van der Waals surface area contributed by atoms with Crippen LogP contribution in [0, 0.1) is 6.92 Å². The predicted molar refractivity (Wildman–Crippen MR) is 69.8 cm³/mol. The van der Waals surface area contributed by atoms with E-state index in [-0.39, 0.29) is 0 Å². The maximum absolute atomic E-state index is 5.37. The molecule has 96 valence electrons. The summed E-state index contributed by atoms with van der Waals surface area (Å²) in [6, 6.07) is 4.49. The average molecular weight is 246 g/mol. The zero-order valence-corrected chi connectivity index (χ0v) is 10.8. The third kappa shape index (κ3) is 2.18. The van der Waals surface area contributed by atoms with Crippen LogP contribution in [0.5, 0.6) is 0 Å². The molecule has 1 aliphatic carbocycles. The molecule has 0 radical (unpaired) electrons. The number of methoxy groups -OCH3 is 1. The van der Waals surface area contributed by atoms with Gasteiger partial charge in [0.25, 0.3) is 0 Å². The van der Waals surface area contributed by atoms with E-state index in [1.54, 1.807) is 11.6 Å². The summed E-state index contributed by atoms with van der Waals surface area (Å²) in [7, 11) is 1.78. The molecule has 0 saturated heterocycles. The number of anilines is 1. The van der Waals surface area contributed by atoms with Gasteiger partial charge in [-0.3, -0.25) is 0 Å². The van der Waals surface area contributed by atoms with Gasteiger partial charge in [0.2, 0.25) is 5.95 Å². The quantitative estimate of drug-likeness (QED) is 0.900. The number of aromatic nitrogens is 3. The van der Waals surface area contributed by atoms with Crippen LogP contribution in [0.4, 0.5) is 5.95 Å². The van der Waals surface area contributed by atoms with E-state index in [0.717, 1.165) is 24.9 Å². The van der Waals surface area contributed by atoms with Gasteiger partial charge in [-0.2, -0.15) is 4.98 Å². The van der Waals surface area contributed by atoms with Gasteiger partial charge in [-0.25, -0.2) is 4.52 Å². The van der Waals surface area contributed by atoms with Gasteiger partial charge in [0.05, 0.1) is 6.10 Å². The van der Waals surface area contributed by atoms with Crippen molar-refractivity contribution in [2.75, 3.05) is 12.4 Å². The minimum Gasteiger partial charge on any atom is -0.381 e. The van der Waals surface area contributed by atoms with Gasteiger partial charge in [-0.05, 0) is 43.9 Å². The van der Waals surface area contributed by atoms with Gasteiger partial charge in [-0.1, -0.05) is 0 Å². The molecular weight excluding hydrogens is 228 g/mol. The number of nitrogens with zero attached hydrogens (tertiary/aromatic N) is 3. The Kier molecular flexibility index (Phi) is 2.91. The highest BCUT2D eigenvalue weighted by molar-refractivity contribution is 5.45. The Morgan fingerprint density at radius 1 is 1.44 bits per heavy atom. The molecule has 5 nitrogen and oxygen atoms in total. The van der Waals surface area contributed by atoms with Gasteiger partial charge in [0.15, 0.2) is 5.65 Å². The first-order valence-corrected chi connectivity index (χ1v) is 6.37. The van der Waals surface area contributed by atoms with Crippen molar-refractivity contribution < 1.29 is 4.74 Å². The predicted octanol–water partition coefficient (Wildman–Crippen LogP) is 2.02. The highest BCUT2D eigenvalue weighted by Crippen LogP contribution is 2.23. The lowest BCUT2D eigenvalue weighted by molar-refractivity contribution is 0.108. The third-order valence-electron chi connectivity index (χ3n) is 3.54. The molecule has 2 aromatic rings.